The molecule has 0 radical (unpaired) electrons. The molecule has 1 nitrogen and oxygen atoms in total. The highest BCUT2D eigenvalue weighted by Gasteiger charge is 2.23. The molecule has 0 aromatic heterocycles. The molecule has 0 amide bonds. The molecule has 1 heterocycles. The van der Waals surface area contributed by atoms with Crippen LogP contribution in [-0.4, -0.2) is 28.6 Å². The van der Waals surface area contributed by atoms with E-state index in [1.165, 1.54) is 18.2 Å². The van der Waals surface area contributed by atoms with Gasteiger partial charge in [-0.2, -0.15) is 0 Å². The van der Waals surface area contributed by atoms with E-state index >= 15 is 0 Å². The van der Waals surface area contributed by atoms with Crippen molar-refractivity contribution in [3.63, 3.8) is 0 Å². The van der Waals surface area contributed by atoms with Crippen LogP contribution in [0.2, 0.25) is 0 Å². The lowest BCUT2D eigenvalue weighted by Crippen LogP contribution is -2.38. The van der Waals surface area contributed by atoms with E-state index in [1.807, 2.05) is 11.8 Å². The van der Waals surface area contributed by atoms with Gasteiger partial charge in [-0.15, -0.1) is 11.8 Å². The zero-order valence-corrected chi connectivity index (χ0v) is 7.29. The molecule has 0 spiro atoms. The van der Waals surface area contributed by atoms with Gasteiger partial charge in [-0.3, -0.25) is 4.90 Å². The molecule has 1 aliphatic rings. The zero-order chi connectivity index (χ0) is 6.91. The van der Waals surface area contributed by atoms with Gasteiger partial charge in [0.1, 0.15) is 0 Å². The Morgan fingerprint density at radius 3 is 2.22 bits per heavy atom. The van der Waals surface area contributed by atoms with Crippen molar-refractivity contribution in [2.75, 3.05) is 18.2 Å². The topological polar surface area (TPSA) is 3.24 Å². The van der Waals surface area contributed by atoms with E-state index in [-0.39, 0.29) is 0 Å². The van der Waals surface area contributed by atoms with E-state index in [0.717, 1.165) is 0 Å². The smallest absolute Gasteiger partial charge is 0.0450 e. The van der Waals surface area contributed by atoms with Crippen molar-refractivity contribution in [1.29, 1.82) is 0 Å². The molecular weight excluding hydrogens is 130 g/mol. The van der Waals surface area contributed by atoms with E-state index in [1.54, 1.807) is 0 Å². The van der Waals surface area contributed by atoms with Crippen LogP contribution in [0.25, 0.3) is 0 Å². The second kappa shape index (κ2) is 2.51. The van der Waals surface area contributed by atoms with Gasteiger partial charge in [-0.05, 0) is 20.8 Å². The van der Waals surface area contributed by atoms with Crippen molar-refractivity contribution >= 4 is 11.8 Å². The first kappa shape index (κ1) is 7.42. The van der Waals surface area contributed by atoms with Gasteiger partial charge in [0.15, 0.2) is 0 Å². The summed E-state index contributed by atoms with van der Waals surface area (Å²) >= 11 is 2.03. The number of nitrogens with zero attached hydrogens (tertiary/aromatic N) is 1. The SMILES string of the molecule is CC(C)(C)N1CCSC1. The number of rotatable bonds is 0. The first-order valence-corrected chi connectivity index (χ1v) is 4.59. The fourth-order valence-electron chi connectivity index (χ4n) is 0.943. The Labute approximate surface area is 61.8 Å². The summed E-state index contributed by atoms with van der Waals surface area (Å²) in [6.07, 6.45) is 0. The second-order valence-electron chi connectivity index (χ2n) is 3.47. The number of hydrogen-bond donors (Lipinski definition) is 0. The lowest BCUT2D eigenvalue weighted by atomic mass is 10.1. The van der Waals surface area contributed by atoms with Crippen molar-refractivity contribution in [1.82, 2.24) is 4.90 Å². The molecule has 54 valence electrons. The van der Waals surface area contributed by atoms with Crippen LogP contribution in [0.15, 0.2) is 0 Å². The Morgan fingerprint density at radius 1 is 1.33 bits per heavy atom. The van der Waals surface area contributed by atoms with Crippen LogP contribution < -0.4 is 0 Å². The molecule has 1 aliphatic heterocycles. The Morgan fingerprint density at radius 2 is 2.00 bits per heavy atom. The maximum atomic E-state index is 2.51. The average molecular weight is 145 g/mol. The van der Waals surface area contributed by atoms with E-state index < -0.39 is 0 Å². The fraction of sp³-hybridized carbons (Fsp3) is 1.00. The first-order valence-electron chi connectivity index (χ1n) is 3.43. The third-order valence-corrected chi connectivity index (χ3v) is 2.67. The summed E-state index contributed by atoms with van der Waals surface area (Å²) in [6.45, 7) is 8.10. The Kier molecular flexibility index (Phi) is 2.07. The maximum absolute atomic E-state index is 2.51. The minimum Gasteiger partial charge on any atom is -0.288 e. The molecular formula is C7H15NS. The monoisotopic (exact) mass is 145 g/mol. The summed E-state index contributed by atoms with van der Waals surface area (Å²) in [4.78, 5) is 2.51. The molecule has 9 heavy (non-hydrogen) atoms. The van der Waals surface area contributed by atoms with E-state index in [9.17, 15) is 0 Å². The van der Waals surface area contributed by atoms with Crippen molar-refractivity contribution in [2.45, 2.75) is 26.3 Å². The molecule has 1 saturated heterocycles. The average Bonchev–Trinajstić information content (AvgIpc) is 2.08. The van der Waals surface area contributed by atoms with Gasteiger partial charge in [0, 0.05) is 23.7 Å². The summed E-state index contributed by atoms with van der Waals surface area (Å²) in [7, 11) is 0. The Hall–Kier alpha value is 0.310. The zero-order valence-electron chi connectivity index (χ0n) is 6.48. The molecule has 1 rings (SSSR count). The molecule has 2 heteroatoms. The van der Waals surface area contributed by atoms with Crippen molar-refractivity contribution in [2.24, 2.45) is 0 Å². The fourth-order valence-corrected chi connectivity index (χ4v) is 2.16. The molecule has 1 fully saturated rings. The summed E-state index contributed by atoms with van der Waals surface area (Å²) in [5.41, 5.74) is 0.392. The number of thioether (sulfide) groups is 1. The third-order valence-electron chi connectivity index (χ3n) is 1.70. The summed E-state index contributed by atoms with van der Waals surface area (Å²) < 4.78 is 0. The van der Waals surface area contributed by atoms with Crippen LogP contribution in [0.4, 0.5) is 0 Å². The first-order chi connectivity index (χ1) is 4.11. The Balaban J connectivity index is 2.42. The molecule has 0 N–H and O–H groups in total. The van der Waals surface area contributed by atoms with Crippen LogP contribution in [0.3, 0.4) is 0 Å². The van der Waals surface area contributed by atoms with Gasteiger partial charge < -0.3 is 0 Å². The van der Waals surface area contributed by atoms with E-state index in [0.29, 0.717) is 5.54 Å². The normalized spacial score (nSPS) is 23.0. The van der Waals surface area contributed by atoms with Crippen molar-refractivity contribution in [3.05, 3.63) is 0 Å². The quantitative estimate of drug-likeness (QED) is 0.511. The summed E-state index contributed by atoms with van der Waals surface area (Å²) in [5.74, 6) is 2.54. The highest BCUT2D eigenvalue weighted by Crippen LogP contribution is 2.22. The minimum atomic E-state index is 0.392. The van der Waals surface area contributed by atoms with Crippen LogP contribution in [0.5, 0.6) is 0 Å². The van der Waals surface area contributed by atoms with Gasteiger partial charge in [-0.1, -0.05) is 0 Å². The largest absolute Gasteiger partial charge is 0.288 e. The van der Waals surface area contributed by atoms with Gasteiger partial charge in [-0.25, -0.2) is 0 Å². The van der Waals surface area contributed by atoms with Gasteiger partial charge in [0.2, 0.25) is 0 Å². The van der Waals surface area contributed by atoms with E-state index in [4.69, 9.17) is 0 Å². The van der Waals surface area contributed by atoms with E-state index in [2.05, 4.69) is 25.7 Å². The van der Waals surface area contributed by atoms with Gasteiger partial charge in [0.25, 0.3) is 0 Å². The molecule has 0 bridgehead atoms. The maximum Gasteiger partial charge on any atom is 0.0450 e. The van der Waals surface area contributed by atoms with Crippen LogP contribution >= 0.6 is 11.8 Å². The number of hydrogen-bond acceptors (Lipinski definition) is 2. The lowest BCUT2D eigenvalue weighted by Gasteiger charge is -2.30. The van der Waals surface area contributed by atoms with Crippen LogP contribution in [0, 0.1) is 0 Å². The van der Waals surface area contributed by atoms with Crippen molar-refractivity contribution < 1.29 is 0 Å². The highest BCUT2D eigenvalue weighted by atomic mass is 32.2. The Bertz CT molecular complexity index is 89.6. The molecule has 0 unspecified atom stereocenters. The predicted molar refractivity (Wildman–Crippen MR) is 43.8 cm³/mol. The minimum absolute atomic E-state index is 0.392. The molecule has 0 aromatic carbocycles. The van der Waals surface area contributed by atoms with Gasteiger partial charge >= 0.3 is 0 Å². The van der Waals surface area contributed by atoms with Gasteiger partial charge in [0.05, 0.1) is 0 Å². The molecule has 0 atom stereocenters. The molecule has 0 saturated carbocycles. The van der Waals surface area contributed by atoms with Crippen LogP contribution in [-0.2, 0) is 0 Å². The van der Waals surface area contributed by atoms with Crippen LogP contribution in [0.1, 0.15) is 20.8 Å². The summed E-state index contributed by atoms with van der Waals surface area (Å²) in [6, 6.07) is 0. The molecule has 0 aliphatic carbocycles. The predicted octanol–water partition coefficient (Wildman–Crippen LogP) is 1.79. The second-order valence-corrected chi connectivity index (χ2v) is 4.55. The third kappa shape index (κ3) is 1.87. The molecule has 0 aromatic rings. The highest BCUT2D eigenvalue weighted by molar-refractivity contribution is 7.99. The summed E-state index contributed by atoms with van der Waals surface area (Å²) in [5, 5.41) is 0. The lowest BCUT2D eigenvalue weighted by molar-refractivity contribution is 0.186. The standard InChI is InChI=1S/C7H15NS/c1-7(2,3)8-4-5-9-6-8/h4-6H2,1-3H3. The van der Waals surface area contributed by atoms with Crippen molar-refractivity contribution in [3.8, 4) is 0 Å².